The SMILES string of the molecule is COCOC/C=C/C=C1\CCCCC1CCCOC1CCCCO1. The smallest absolute Gasteiger partial charge is 0.157 e. The van der Waals surface area contributed by atoms with Crippen LogP contribution in [0.3, 0.4) is 0 Å². The summed E-state index contributed by atoms with van der Waals surface area (Å²) in [5, 5.41) is 0. The molecule has 0 N–H and O–H groups in total. The van der Waals surface area contributed by atoms with Crippen molar-refractivity contribution in [3.63, 3.8) is 0 Å². The average Bonchev–Trinajstić information content (AvgIpc) is 2.63. The van der Waals surface area contributed by atoms with Crippen LogP contribution in [0.4, 0.5) is 0 Å². The summed E-state index contributed by atoms with van der Waals surface area (Å²) in [5.74, 6) is 0.721. The Bertz CT molecular complexity index is 372. The molecule has 0 aromatic heterocycles. The van der Waals surface area contributed by atoms with Gasteiger partial charge in [-0.25, -0.2) is 0 Å². The van der Waals surface area contributed by atoms with E-state index >= 15 is 0 Å². The van der Waals surface area contributed by atoms with Gasteiger partial charge in [-0.3, -0.25) is 0 Å². The molecule has 1 heterocycles. The van der Waals surface area contributed by atoms with Crippen LogP contribution in [0.25, 0.3) is 0 Å². The lowest BCUT2D eigenvalue weighted by molar-refractivity contribution is -0.163. The minimum atomic E-state index is 0.0511. The zero-order valence-corrected chi connectivity index (χ0v) is 15.2. The van der Waals surface area contributed by atoms with Crippen LogP contribution in [0.15, 0.2) is 23.8 Å². The van der Waals surface area contributed by atoms with E-state index in [4.69, 9.17) is 18.9 Å². The molecule has 0 radical (unpaired) electrons. The minimum Gasteiger partial charge on any atom is -0.359 e. The van der Waals surface area contributed by atoms with E-state index in [9.17, 15) is 0 Å². The quantitative estimate of drug-likeness (QED) is 0.431. The van der Waals surface area contributed by atoms with Crippen molar-refractivity contribution in [3.8, 4) is 0 Å². The molecule has 2 aliphatic rings. The van der Waals surface area contributed by atoms with Crippen molar-refractivity contribution in [2.24, 2.45) is 5.92 Å². The van der Waals surface area contributed by atoms with Gasteiger partial charge in [0.05, 0.1) is 6.61 Å². The summed E-state index contributed by atoms with van der Waals surface area (Å²) in [5.41, 5.74) is 1.60. The van der Waals surface area contributed by atoms with Crippen LogP contribution >= 0.6 is 0 Å². The fraction of sp³-hybridized carbons (Fsp3) is 0.800. The largest absolute Gasteiger partial charge is 0.359 e. The number of hydrogen-bond acceptors (Lipinski definition) is 4. The Morgan fingerprint density at radius 2 is 2.08 bits per heavy atom. The second-order valence-electron chi connectivity index (χ2n) is 6.70. The summed E-state index contributed by atoms with van der Waals surface area (Å²) in [6.45, 7) is 2.65. The Kier molecular flexibility index (Phi) is 10.4. The van der Waals surface area contributed by atoms with E-state index < -0.39 is 0 Å². The van der Waals surface area contributed by atoms with E-state index in [1.807, 2.05) is 0 Å². The zero-order valence-electron chi connectivity index (χ0n) is 15.2. The van der Waals surface area contributed by atoms with Gasteiger partial charge < -0.3 is 18.9 Å². The number of methoxy groups -OCH3 is 1. The molecule has 1 aliphatic heterocycles. The molecule has 4 nitrogen and oxygen atoms in total. The molecule has 1 saturated carbocycles. The van der Waals surface area contributed by atoms with E-state index in [2.05, 4.69) is 18.2 Å². The molecule has 2 fully saturated rings. The van der Waals surface area contributed by atoms with Gasteiger partial charge in [-0.2, -0.15) is 0 Å². The van der Waals surface area contributed by atoms with Crippen molar-refractivity contribution < 1.29 is 18.9 Å². The molecular formula is C20H34O4. The highest BCUT2D eigenvalue weighted by Gasteiger charge is 2.18. The third-order valence-electron chi connectivity index (χ3n) is 4.79. The molecule has 24 heavy (non-hydrogen) atoms. The van der Waals surface area contributed by atoms with Crippen LogP contribution in [0, 0.1) is 5.92 Å². The Hall–Kier alpha value is -0.680. The van der Waals surface area contributed by atoms with Crippen LogP contribution in [0.2, 0.25) is 0 Å². The Morgan fingerprint density at radius 1 is 1.17 bits per heavy atom. The van der Waals surface area contributed by atoms with Crippen molar-refractivity contribution in [3.05, 3.63) is 23.8 Å². The second kappa shape index (κ2) is 12.6. The van der Waals surface area contributed by atoms with Crippen LogP contribution in [-0.4, -0.2) is 40.0 Å². The highest BCUT2D eigenvalue weighted by Crippen LogP contribution is 2.32. The van der Waals surface area contributed by atoms with E-state index in [1.165, 1.54) is 44.9 Å². The maximum atomic E-state index is 5.86. The number of rotatable bonds is 10. The summed E-state index contributed by atoms with van der Waals surface area (Å²) in [6, 6.07) is 0. The first-order valence-corrected chi connectivity index (χ1v) is 9.55. The summed E-state index contributed by atoms with van der Waals surface area (Å²) < 4.78 is 21.6. The molecule has 138 valence electrons. The molecule has 0 bridgehead atoms. The number of allylic oxidation sites excluding steroid dienone is 3. The third-order valence-corrected chi connectivity index (χ3v) is 4.79. The highest BCUT2D eigenvalue weighted by molar-refractivity contribution is 5.17. The molecule has 4 heteroatoms. The Labute approximate surface area is 147 Å². The summed E-state index contributed by atoms with van der Waals surface area (Å²) in [4.78, 5) is 0. The van der Waals surface area contributed by atoms with Crippen molar-refractivity contribution in [2.75, 3.05) is 33.7 Å². The normalized spacial score (nSPS) is 27.1. The molecular weight excluding hydrogens is 304 g/mol. The zero-order chi connectivity index (χ0) is 16.9. The minimum absolute atomic E-state index is 0.0511. The van der Waals surface area contributed by atoms with Crippen LogP contribution in [0.5, 0.6) is 0 Å². The summed E-state index contributed by atoms with van der Waals surface area (Å²) in [7, 11) is 1.64. The van der Waals surface area contributed by atoms with Gasteiger partial charge in [0.1, 0.15) is 6.79 Å². The number of hydrogen-bond donors (Lipinski definition) is 0. The van der Waals surface area contributed by atoms with Crippen LogP contribution in [-0.2, 0) is 18.9 Å². The molecule has 0 aromatic carbocycles. The molecule has 2 unspecified atom stereocenters. The topological polar surface area (TPSA) is 36.9 Å². The lowest BCUT2D eigenvalue weighted by Gasteiger charge is -2.26. The second-order valence-corrected chi connectivity index (χ2v) is 6.70. The van der Waals surface area contributed by atoms with Crippen LogP contribution < -0.4 is 0 Å². The first kappa shape index (κ1) is 19.6. The summed E-state index contributed by atoms with van der Waals surface area (Å²) in [6.07, 6.45) is 17.6. The average molecular weight is 338 g/mol. The van der Waals surface area contributed by atoms with Crippen molar-refractivity contribution in [1.29, 1.82) is 0 Å². The first-order chi connectivity index (χ1) is 11.9. The van der Waals surface area contributed by atoms with Gasteiger partial charge in [0.2, 0.25) is 0 Å². The van der Waals surface area contributed by atoms with E-state index in [0.29, 0.717) is 13.4 Å². The lowest BCUT2D eigenvalue weighted by atomic mass is 9.81. The van der Waals surface area contributed by atoms with Gasteiger partial charge in [0, 0.05) is 20.3 Å². The van der Waals surface area contributed by atoms with E-state index in [-0.39, 0.29) is 6.29 Å². The third kappa shape index (κ3) is 7.93. The highest BCUT2D eigenvalue weighted by atomic mass is 16.7. The fourth-order valence-electron chi connectivity index (χ4n) is 3.49. The van der Waals surface area contributed by atoms with Gasteiger partial charge >= 0.3 is 0 Å². The number of ether oxygens (including phenoxy) is 4. The lowest BCUT2D eigenvalue weighted by Crippen LogP contribution is -2.23. The van der Waals surface area contributed by atoms with Gasteiger partial charge in [0.15, 0.2) is 6.29 Å². The van der Waals surface area contributed by atoms with Gasteiger partial charge in [-0.1, -0.05) is 30.2 Å². The van der Waals surface area contributed by atoms with Gasteiger partial charge in [-0.05, 0) is 57.3 Å². The van der Waals surface area contributed by atoms with Gasteiger partial charge in [-0.15, -0.1) is 0 Å². The maximum Gasteiger partial charge on any atom is 0.157 e. The monoisotopic (exact) mass is 338 g/mol. The Balaban J connectivity index is 1.64. The van der Waals surface area contributed by atoms with E-state index in [0.717, 1.165) is 32.0 Å². The Morgan fingerprint density at radius 3 is 2.92 bits per heavy atom. The summed E-state index contributed by atoms with van der Waals surface area (Å²) >= 11 is 0. The van der Waals surface area contributed by atoms with E-state index in [1.54, 1.807) is 12.7 Å². The maximum absolute atomic E-state index is 5.86. The predicted molar refractivity (Wildman–Crippen MR) is 95.8 cm³/mol. The van der Waals surface area contributed by atoms with Crippen molar-refractivity contribution in [2.45, 2.75) is 64.1 Å². The molecule has 2 atom stereocenters. The van der Waals surface area contributed by atoms with Crippen molar-refractivity contribution >= 4 is 0 Å². The van der Waals surface area contributed by atoms with Crippen molar-refractivity contribution in [1.82, 2.24) is 0 Å². The molecule has 1 saturated heterocycles. The molecule has 1 aliphatic carbocycles. The fourth-order valence-corrected chi connectivity index (χ4v) is 3.49. The molecule has 2 rings (SSSR count). The van der Waals surface area contributed by atoms with Gasteiger partial charge in [0.25, 0.3) is 0 Å². The molecule has 0 amide bonds. The molecule has 0 aromatic rings. The predicted octanol–water partition coefficient (Wildman–Crippen LogP) is 4.60. The first-order valence-electron chi connectivity index (χ1n) is 9.55. The molecule has 0 spiro atoms. The standard InChI is InChI=1S/C20H34O4/c1-21-17-22-14-6-4-11-18-9-2-3-10-19(18)12-8-16-24-20-13-5-7-15-23-20/h4,6,11,19-20H,2-3,5,7-10,12-17H2,1H3/b6-4+,18-11+. The van der Waals surface area contributed by atoms with Crippen LogP contribution in [0.1, 0.15) is 57.8 Å².